The van der Waals surface area contributed by atoms with Gasteiger partial charge in [0.25, 0.3) is 5.91 Å². The zero-order valence-electron chi connectivity index (χ0n) is 15.5. The molecule has 4 rings (SSSR count). The third-order valence-corrected chi connectivity index (χ3v) is 6.47. The molecule has 150 valence electrons. The third kappa shape index (κ3) is 3.80. The molecule has 2 aliphatic rings. The van der Waals surface area contributed by atoms with Crippen LogP contribution in [0.1, 0.15) is 35.4 Å². The number of nitrogens with zero attached hydrogens (tertiary/aromatic N) is 1. The van der Waals surface area contributed by atoms with Crippen LogP contribution in [0.5, 0.6) is 0 Å². The summed E-state index contributed by atoms with van der Waals surface area (Å²) in [5.41, 5.74) is 0. The van der Waals surface area contributed by atoms with E-state index in [0.717, 1.165) is 10.1 Å². The number of Topliss-reactive ketones (excluding diaryl/α,β-unsaturated/α-hetero) is 1. The fraction of sp³-hybridized carbons (Fsp3) is 0.333. The van der Waals surface area contributed by atoms with E-state index in [9.17, 15) is 24.3 Å². The summed E-state index contributed by atoms with van der Waals surface area (Å²) in [4.78, 5) is 51.4. The summed E-state index contributed by atoms with van der Waals surface area (Å²) in [5, 5.41) is 13.3. The van der Waals surface area contributed by atoms with Gasteiger partial charge in [0.05, 0.1) is 4.88 Å². The first-order chi connectivity index (χ1) is 13.9. The van der Waals surface area contributed by atoms with Crippen molar-refractivity contribution in [1.82, 2.24) is 10.2 Å². The Morgan fingerprint density at radius 1 is 1.10 bits per heavy atom. The number of aliphatic carboxylic acids is 1. The van der Waals surface area contributed by atoms with Gasteiger partial charge in [-0.3, -0.25) is 14.4 Å². The van der Waals surface area contributed by atoms with E-state index in [0.29, 0.717) is 11.3 Å². The predicted octanol–water partition coefficient (Wildman–Crippen LogP) is 2.36. The maximum atomic E-state index is 13.2. The Morgan fingerprint density at radius 2 is 1.86 bits per heavy atom. The molecule has 2 amide bonds. The number of thiophene rings is 1. The Balaban J connectivity index is 1.59. The second-order valence-corrected chi connectivity index (χ2v) is 8.40. The van der Waals surface area contributed by atoms with Crippen molar-refractivity contribution < 1.29 is 24.3 Å². The van der Waals surface area contributed by atoms with Crippen LogP contribution < -0.4 is 5.32 Å². The fourth-order valence-electron chi connectivity index (χ4n) is 3.96. The number of carbonyl (C=O) groups excluding carboxylic acids is 3. The Labute approximate surface area is 171 Å². The standard InChI is InChI=1S/C21H20N2O5S/c24-14-10-13-6-2-3-7-15(20(26)23(13)16(11-14)21(27)28)22-19(25)18-9-12-5-1-4-8-17(12)29-18/h1-5,8-9,13,15-16H,6-7,10-11H2,(H,22,25)(H,27,28)/t13-,15-,16-/m0/s1. The number of ketones is 1. The van der Waals surface area contributed by atoms with Crippen molar-refractivity contribution >= 4 is 45.0 Å². The molecular formula is C21H20N2O5S. The average Bonchev–Trinajstić information content (AvgIpc) is 3.12. The topological polar surface area (TPSA) is 104 Å². The molecule has 29 heavy (non-hydrogen) atoms. The number of carbonyl (C=O) groups is 4. The number of piperidine rings is 1. The maximum absolute atomic E-state index is 13.2. The number of carboxylic acids is 1. The van der Waals surface area contributed by atoms with E-state index in [4.69, 9.17) is 0 Å². The zero-order valence-corrected chi connectivity index (χ0v) is 16.4. The summed E-state index contributed by atoms with van der Waals surface area (Å²) in [6.45, 7) is 0. The van der Waals surface area contributed by atoms with Crippen molar-refractivity contribution in [2.75, 3.05) is 0 Å². The largest absolute Gasteiger partial charge is 0.480 e. The van der Waals surface area contributed by atoms with Crippen molar-refractivity contribution in [2.45, 2.75) is 43.8 Å². The van der Waals surface area contributed by atoms with Gasteiger partial charge in [0, 0.05) is 23.6 Å². The van der Waals surface area contributed by atoms with Crippen LogP contribution in [0.2, 0.25) is 0 Å². The number of fused-ring (bicyclic) bond motifs is 2. The summed E-state index contributed by atoms with van der Waals surface area (Å²) < 4.78 is 0.974. The minimum Gasteiger partial charge on any atom is -0.480 e. The molecule has 3 heterocycles. The lowest BCUT2D eigenvalue weighted by atomic mass is 9.89. The van der Waals surface area contributed by atoms with E-state index >= 15 is 0 Å². The molecule has 1 fully saturated rings. The summed E-state index contributed by atoms with van der Waals surface area (Å²) in [5.74, 6) is -2.18. The van der Waals surface area contributed by atoms with Crippen LogP contribution in [0.15, 0.2) is 42.5 Å². The van der Waals surface area contributed by atoms with Gasteiger partial charge in [0.15, 0.2) is 0 Å². The lowest BCUT2D eigenvalue weighted by Crippen LogP contribution is -2.60. The Bertz CT molecular complexity index is 994. The molecule has 0 spiro atoms. The zero-order chi connectivity index (χ0) is 20.5. The molecule has 1 aromatic heterocycles. The van der Waals surface area contributed by atoms with E-state index in [2.05, 4.69) is 5.32 Å². The van der Waals surface area contributed by atoms with Gasteiger partial charge in [-0.15, -0.1) is 11.3 Å². The normalized spacial score (nSPS) is 24.7. The van der Waals surface area contributed by atoms with Crippen molar-refractivity contribution in [3.8, 4) is 0 Å². The highest BCUT2D eigenvalue weighted by Gasteiger charge is 2.43. The number of hydrogen-bond donors (Lipinski definition) is 2. The van der Waals surface area contributed by atoms with Gasteiger partial charge in [-0.2, -0.15) is 0 Å². The summed E-state index contributed by atoms with van der Waals surface area (Å²) in [6.07, 6.45) is 4.30. The number of nitrogens with one attached hydrogen (secondary N) is 1. The Kier molecular flexibility index (Phi) is 5.19. The number of rotatable bonds is 3. The van der Waals surface area contributed by atoms with Crippen LogP contribution >= 0.6 is 11.3 Å². The minimum atomic E-state index is -1.20. The summed E-state index contributed by atoms with van der Waals surface area (Å²) in [6, 6.07) is 6.85. The fourth-order valence-corrected chi connectivity index (χ4v) is 4.93. The smallest absolute Gasteiger partial charge is 0.326 e. The molecule has 0 saturated carbocycles. The van der Waals surface area contributed by atoms with Crippen molar-refractivity contribution in [3.63, 3.8) is 0 Å². The van der Waals surface area contributed by atoms with E-state index in [-0.39, 0.29) is 31.0 Å². The molecule has 8 heteroatoms. The average molecular weight is 412 g/mol. The first-order valence-electron chi connectivity index (χ1n) is 9.45. The molecule has 1 aromatic carbocycles. The number of benzene rings is 1. The Morgan fingerprint density at radius 3 is 2.62 bits per heavy atom. The molecule has 2 N–H and O–H groups in total. The quantitative estimate of drug-likeness (QED) is 0.754. The molecule has 1 saturated heterocycles. The van der Waals surface area contributed by atoms with Gasteiger partial charge in [-0.05, 0) is 30.4 Å². The molecule has 0 unspecified atom stereocenters. The second-order valence-electron chi connectivity index (χ2n) is 7.32. The molecule has 3 atom stereocenters. The molecule has 0 aliphatic carbocycles. The first kappa shape index (κ1) is 19.3. The van der Waals surface area contributed by atoms with Gasteiger partial charge >= 0.3 is 5.97 Å². The van der Waals surface area contributed by atoms with E-state index < -0.39 is 30.0 Å². The van der Waals surface area contributed by atoms with Crippen LogP contribution in [0.25, 0.3) is 10.1 Å². The van der Waals surface area contributed by atoms with E-state index in [1.54, 1.807) is 12.1 Å². The highest BCUT2D eigenvalue weighted by Crippen LogP contribution is 2.28. The van der Waals surface area contributed by atoms with Crippen LogP contribution in [0, 0.1) is 0 Å². The van der Waals surface area contributed by atoms with E-state index in [1.807, 2.05) is 30.3 Å². The van der Waals surface area contributed by atoms with Crippen LogP contribution in [-0.4, -0.2) is 51.7 Å². The number of amides is 2. The molecular weight excluding hydrogens is 392 g/mol. The molecule has 2 aromatic rings. The minimum absolute atomic E-state index is 0.136. The number of carboxylic acid groups (broad SMARTS) is 1. The van der Waals surface area contributed by atoms with Gasteiger partial charge in [-0.1, -0.05) is 30.4 Å². The van der Waals surface area contributed by atoms with Crippen LogP contribution in [-0.2, 0) is 14.4 Å². The highest BCUT2D eigenvalue weighted by molar-refractivity contribution is 7.20. The molecule has 7 nitrogen and oxygen atoms in total. The van der Waals surface area contributed by atoms with Crippen molar-refractivity contribution in [3.05, 3.63) is 47.4 Å². The lowest BCUT2D eigenvalue weighted by Gasteiger charge is -2.41. The lowest BCUT2D eigenvalue weighted by molar-refractivity contribution is -0.158. The molecule has 0 bridgehead atoms. The summed E-state index contributed by atoms with van der Waals surface area (Å²) in [7, 11) is 0. The van der Waals surface area contributed by atoms with Gasteiger partial charge in [0.2, 0.25) is 5.91 Å². The number of hydrogen-bond acceptors (Lipinski definition) is 5. The molecule has 0 radical (unpaired) electrons. The van der Waals surface area contributed by atoms with Gasteiger partial charge in [-0.25, -0.2) is 4.79 Å². The SMILES string of the molecule is O=C1C[C@@H]2CC=CC[C@H](NC(=O)c3cc4ccccc4s3)C(=O)N2[C@H](C(=O)O)C1. The predicted molar refractivity (Wildman–Crippen MR) is 108 cm³/mol. The van der Waals surface area contributed by atoms with Crippen LogP contribution in [0.4, 0.5) is 0 Å². The Hall–Kier alpha value is -3.00. The first-order valence-corrected chi connectivity index (χ1v) is 10.3. The molecule has 2 aliphatic heterocycles. The van der Waals surface area contributed by atoms with Gasteiger partial charge in [0.1, 0.15) is 17.9 Å². The van der Waals surface area contributed by atoms with E-state index in [1.165, 1.54) is 16.2 Å². The monoisotopic (exact) mass is 412 g/mol. The second kappa shape index (κ2) is 7.79. The van der Waals surface area contributed by atoms with Crippen molar-refractivity contribution in [2.24, 2.45) is 0 Å². The third-order valence-electron chi connectivity index (χ3n) is 5.35. The highest BCUT2D eigenvalue weighted by atomic mass is 32.1. The van der Waals surface area contributed by atoms with Crippen LogP contribution in [0.3, 0.4) is 0 Å². The van der Waals surface area contributed by atoms with Crippen molar-refractivity contribution in [1.29, 1.82) is 0 Å². The maximum Gasteiger partial charge on any atom is 0.326 e. The summed E-state index contributed by atoms with van der Waals surface area (Å²) >= 11 is 1.34. The van der Waals surface area contributed by atoms with Gasteiger partial charge < -0.3 is 15.3 Å².